The number of rotatable bonds is 3. The summed E-state index contributed by atoms with van der Waals surface area (Å²) in [5.74, 6) is 2.84. The molecule has 17 heavy (non-hydrogen) atoms. The Hall–Kier alpha value is -1.84. The molecular weight excluding hydrogens is 214 g/mol. The summed E-state index contributed by atoms with van der Waals surface area (Å²) >= 11 is 0. The van der Waals surface area contributed by atoms with Crippen molar-refractivity contribution in [2.45, 2.75) is 32.7 Å². The summed E-state index contributed by atoms with van der Waals surface area (Å²) in [5, 5.41) is 3.33. The highest BCUT2D eigenvalue weighted by Gasteiger charge is 2.16. The lowest BCUT2D eigenvalue weighted by Gasteiger charge is -2.07. The molecule has 0 atom stereocenters. The topological polar surface area (TPSA) is 51.0 Å². The Balaban J connectivity index is 1.75. The van der Waals surface area contributed by atoms with Crippen molar-refractivity contribution in [1.82, 2.24) is 9.97 Å². The van der Waals surface area contributed by atoms with Gasteiger partial charge in [0.15, 0.2) is 0 Å². The fourth-order valence-corrected chi connectivity index (χ4v) is 2.26. The second-order valence-electron chi connectivity index (χ2n) is 4.37. The third kappa shape index (κ3) is 2.02. The predicted octanol–water partition coefficient (Wildman–Crippen LogP) is 2.48. The number of furan rings is 1. The summed E-state index contributed by atoms with van der Waals surface area (Å²) in [4.78, 5) is 8.61. The molecule has 2 aromatic rings. The highest BCUT2D eigenvalue weighted by atomic mass is 16.3. The van der Waals surface area contributed by atoms with Crippen molar-refractivity contribution < 1.29 is 4.42 Å². The first-order chi connectivity index (χ1) is 8.33. The van der Waals surface area contributed by atoms with E-state index in [1.54, 1.807) is 6.33 Å². The molecule has 0 spiro atoms. The molecule has 2 aromatic heterocycles. The molecule has 0 fully saturated rings. The van der Waals surface area contributed by atoms with E-state index in [1.807, 2.05) is 19.1 Å². The van der Waals surface area contributed by atoms with Gasteiger partial charge in [-0.3, -0.25) is 0 Å². The van der Waals surface area contributed by atoms with E-state index in [9.17, 15) is 0 Å². The lowest BCUT2D eigenvalue weighted by Crippen LogP contribution is -2.04. The van der Waals surface area contributed by atoms with Crippen LogP contribution < -0.4 is 5.32 Å². The quantitative estimate of drug-likeness (QED) is 0.878. The fourth-order valence-electron chi connectivity index (χ4n) is 2.26. The van der Waals surface area contributed by atoms with Crippen LogP contribution in [0.1, 0.15) is 29.2 Å². The summed E-state index contributed by atoms with van der Waals surface area (Å²) < 4.78 is 5.52. The number of aryl methyl sites for hydroxylation is 2. The van der Waals surface area contributed by atoms with Gasteiger partial charge in [0, 0.05) is 11.3 Å². The lowest BCUT2D eigenvalue weighted by atomic mass is 10.2. The maximum Gasteiger partial charge on any atom is 0.133 e. The number of fused-ring (bicyclic) bond motifs is 1. The first-order valence-corrected chi connectivity index (χ1v) is 5.95. The Bertz CT molecular complexity index is 533. The first-order valence-electron chi connectivity index (χ1n) is 5.95. The highest BCUT2D eigenvalue weighted by Crippen LogP contribution is 2.25. The van der Waals surface area contributed by atoms with Crippen LogP contribution in [-0.2, 0) is 19.4 Å². The van der Waals surface area contributed by atoms with Gasteiger partial charge in [0.2, 0.25) is 0 Å². The van der Waals surface area contributed by atoms with Crippen LogP contribution in [0.3, 0.4) is 0 Å². The summed E-state index contributed by atoms with van der Waals surface area (Å²) in [7, 11) is 0. The van der Waals surface area contributed by atoms with Gasteiger partial charge in [0.1, 0.15) is 23.7 Å². The first kappa shape index (κ1) is 10.3. The van der Waals surface area contributed by atoms with Crippen LogP contribution in [-0.4, -0.2) is 9.97 Å². The zero-order valence-corrected chi connectivity index (χ0v) is 9.86. The largest absolute Gasteiger partial charge is 0.465 e. The molecule has 4 nitrogen and oxygen atoms in total. The SMILES string of the molecule is Cc1ccc(CNc2ncnc3c2CCC3)o1. The van der Waals surface area contributed by atoms with Gasteiger partial charge in [-0.1, -0.05) is 0 Å². The number of hydrogen-bond donors (Lipinski definition) is 1. The summed E-state index contributed by atoms with van der Waals surface area (Å²) in [6.07, 6.45) is 4.98. The van der Waals surface area contributed by atoms with Crippen molar-refractivity contribution in [2.24, 2.45) is 0 Å². The molecule has 0 amide bonds. The standard InChI is InChI=1S/C13H15N3O/c1-9-5-6-10(17-9)7-14-13-11-3-2-4-12(11)15-8-16-13/h5-6,8H,2-4,7H2,1H3,(H,14,15,16). The zero-order valence-electron chi connectivity index (χ0n) is 9.86. The number of aromatic nitrogens is 2. The molecule has 0 saturated heterocycles. The minimum atomic E-state index is 0.678. The van der Waals surface area contributed by atoms with Gasteiger partial charge in [0.25, 0.3) is 0 Å². The molecule has 0 radical (unpaired) electrons. The second kappa shape index (κ2) is 4.20. The molecule has 2 heterocycles. The van der Waals surface area contributed by atoms with Crippen LogP contribution in [0, 0.1) is 6.92 Å². The van der Waals surface area contributed by atoms with E-state index in [0.29, 0.717) is 6.54 Å². The molecule has 0 aromatic carbocycles. The fraction of sp³-hybridized carbons (Fsp3) is 0.385. The molecule has 0 saturated carbocycles. The van der Waals surface area contributed by atoms with Gasteiger partial charge in [-0.15, -0.1) is 0 Å². The Morgan fingerprint density at radius 2 is 2.24 bits per heavy atom. The lowest BCUT2D eigenvalue weighted by molar-refractivity contribution is 0.490. The van der Waals surface area contributed by atoms with E-state index < -0.39 is 0 Å². The third-order valence-corrected chi connectivity index (χ3v) is 3.10. The average Bonchev–Trinajstić information content (AvgIpc) is 2.94. The van der Waals surface area contributed by atoms with E-state index in [2.05, 4.69) is 15.3 Å². The van der Waals surface area contributed by atoms with E-state index in [1.165, 1.54) is 17.7 Å². The number of anilines is 1. The van der Waals surface area contributed by atoms with Crippen molar-refractivity contribution in [2.75, 3.05) is 5.32 Å². The second-order valence-corrected chi connectivity index (χ2v) is 4.37. The average molecular weight is 229 g/mol. The van der Waals surface area contributed by atoms with Crippen molar-refractivity contribution in [1.29, 1.82) is 0 Å². The molecule has 1 N–H and O–H groups in total. The summed E-state index contributed by atoms with van der Waals surface area (Å²) in [5.41, 5.74) is 2.47. The molecule has 1 aliphatic carbocycles. The van der Waals surface area contributed by atoms with Crippen LogP contribution in [0.25, 0.3) is 0 Å². The molecular formula is C13H15N3O. The third-order valence-electron chi connectivity index (χ3n) is 3.10. The molecule has 88 valence electrons. The molecule has 4 heteroatoms. The van der Waals surface area contributed by atoms with E-state index in [-0.39, 0.29) is 0 Å². The van der Waals surface area contributed by atoms with Crippen LogP contribution >= 0.6 is 0 Å². The molecule has 0 bridgehead atoms. The molecule has 1 aliphatic rings. The monoisotopic (exact) mass is 229 g/mol. The van der Waals surface area contributed by atoms with Gasteiger partial charge in [0.05, 0.1) is 6.54 Å². The van der Waals surface area contributed by atoms with Crippen LogP contribution in [0.2, 0.25) is 0 Å². The zero-order chi connectivity index (χ0) is 11.7. The van der Waals surface area contributed by atoms with E-state index in [0.717, 1.165) is 30.2 Å². The van der Waals surface area contributed by atoms with E-state index >= 15 is 0 Å². The van der Waals surface area contributed by atoms with Crippen molar-refractivity contribution in [3.63, 3.8) is 0 Å². The summed E-state index contributed by atoms with van der Waals surface area (Å²) in [6.45, 7) is 2.63. The van der Waals surface area contributed by atoms with Gasteiger partial charge in [-0.2, -0.15) is 0 Å². The maximum absolute atomic E-state index is 5.52. The number of nitrogens with one attached hydrogen (secondary N) is 1. The van der Waals surface area contributed by atoms with Crippen LogP contribution in [0.5, 0.6) is 0 Å². The number of hydrogen-bond acceptors (Lipinski definition) is 4. The Labute approximate surface area is 100 Å². The van der Waals surface area contributed by atoms with Gasteiger partial charge < -0.3 is 9.73 Å². The smallest absolute Gasteiger partial charge is 0.133 e. The van der Waals surface area contributed by atoms with Crippen LogP contribution in [0.4, 0.5) is 5.82 Å². The molecule has 3 rings (SSSR count). The Kier molecular flexibility index (Phi) is 2.55. The van der Waals surface area contributed by atoms with Crippen molar-refractivity contribution in [3.05, 3.63) is 41.2 Å². The van der Waals surface area contributed by atoms with Crippen molar-refractivity contribution in [3.8, 4) is 0 Å². The normalized spacial score (nSPS) is 13.7. The van der Waals surface area contributed by atoms with E-state index in [4.69, 9.17) is 4.42 Å². The highest BCUT2D eigenvalue weighted by molar-refractivity contribution is 5.48. The Morgan fingerprint density at radius 1 is 1.29 bits per heavy atom. The minimum Gasteiger partial charge on any atom is -0.465 e. The Morgan fingerprint density at radius 3 is 3.06 bits per heavy atom. The van der Waals surface area contributed by atoms with Crippen molar-refractivity contribution >= 4 is 5.82 Å². The maximum atomic E-state index is 5.52. The minimum absolute atomic E-state index is 0.678. The van der Waals surface area contributed by atoms with Gasteiger partial charge in [-0.25, -0.2) is 9.97 Å². The number of nitrogens with zero attached hydrogens (tertiary/aromatic N) is 2. The van der Waals surface area contributed by atoms with Gasteiger partial charge >= 0.3 is 0 Å². The molecule has 0 unspecified atom stereocenters. The predicted molar refractivity (Wildman–Crippen MR) is 64.8 cm³/mol. The summed E-state index contributed by atoms with van der Waals surface area (Å²) in [6, 6.07) is 3.96. The molecule has 0 aliphatic heterocycles. The van der Waals surface area contributed by atoms with Gasteiger partial charge in [-0.05, 0) is 38.3 Å². The van der Waals surface area contributed by atoms with Crippen LogP contribution in [0.15, 0.2) is 22.9 Å².